The van der Waals surface area contributed by atoms with Crippen molar-refractivity contribution in [3.63, 3.8) is 0 Å². The second-order valence-electron chi connectivity index (χ2n) is 8.19. The van der Waals surface area contributed by atoms with Crippen molar-refractivity contribution in [3.8, 4) is 5.69 Å². The molecule has 0 amide bonds. The average Bonchev–Trinajstić information content (AvgIpc) is 3.10. The predicted octanol–water partition coefficient (Wildman–Crippen LogP) is 6.28. The van der Waals surface area contributed by atoms with Gasteiger partial charge in [0.15, 0.2) is 5.82 Å². The molecule has 3 nitrogen and oxygen atoms in total. The molecule has 30 heavy (non-hydrogen) atoms. The Morgan fingerprint density at radius 2 is 1.93 bits per heavy atom. The van der Waals surface area contributed by atoms with E-state index in [1.807, 2.05) is 25.1 Å². The molecular formula is C25H26F2N2O. The van der Waals surface area contributed by atoms with E-state index < -0.39 is 11.6 Å². The van der Waals surface area contributed by atoms with Gasteiger partial charge in [-0.3, -0.25) is 0 Å². The van der Waals surface area contributed by atoms with E-state index in [-0.39, 0.29) is 17.2 Å². The van der Waals surface area contributed by atoms with Gasteiger partial charge >= 0.3 is 0 Å². The van der Waals surface area contributed by atoms with Gasteiger partial charge in [-0.1, -0.05) is 42.8 Å². The highest BCUT2D eigenvalue weighted by Gasteiger charge is 2.36. The van der Waals surface area contributed by atoms with Gasteiger partial charge in [0.05, 0.1) is 18.0 Å². The summed E-state index contributed by atoms with van der Waals surface area (Å²) in [6.07, 6.45) is 5.47. The molecule has 4 rings (SSSR count). The van der Waals surface area contributed by atoms with Crippen LogP contribution in [0.15, 0.2) is 60.3 Å². The Balaban J connectivity index is 1.66. The van der Waals surface area contributed by atoms with Crippen molar-refractivity contribution >= 4 is 6.08 Å². The first-order chi connectivity index (χ1) is 14.4. The number of hydrogen-bond acceptors (Lipinski definition) is 2. The average molecular weight is 408 g/mol. The van der Waals surface area contributed by atoms with Crippen LogP contribution in [-0.2, 0) is 11.2 Å². The van der Waals surface area contributed by atoms with Crippen molar-refractivity contribution in [2.75, 3.05) is 6.61 Å². The summed E-state index contributed by atoms with van der Waals surface area (Å²) >= 11 is 0. The Morgan fingerprint density at radius 1 is 1.17 bits per heavy atom. The highest BCUT2D eigenvalue weighted by molar-refractivity contribution is 5.60. The largest absolute Gasteiger partial charge is 0.374 e. The van der Waals surface area contributed by atoms with E-state index in [2.05, 4.69) is 37.2 Å². The number of hydrogen-bond donors (Lipinski definition) is 0. The molecule has 1 heterocycles. The Labute approximate surface area is 176 Å². The lowest BCUT2D eigenvalue weighted by Crippen LogP contribution is -2.28. The minimum absolute atomic E-state index is 0.00399. The van der Waals surface area contributed by atoms with Crippen LogP contribution in [0.3, 0.4) is 0 Å². The molecular weight excluding hydrogens is 382 g/mol. The monoisotopic (exact) mass is 408 g/mol. The molecule has 0 saturated carbocycles. The zero-order valence-electron chi connectivity index (χ0n) is 17.5. The quantitative estimate of drug-likeness (QED) is 0.480. The maximum atomic E-state index is 14.3. The highest BCUT2D eigenvalue weighted by Crippen LogP contribution is 2.45. The van der Waals surface area contributed by atoms with Gasteiger partial charge in [0, 0.05) is 12.7 Å². The summed E-state index contributed by atoms with van der Waals surface area (Å²) in [5.74, 6) is -1.22. The molecule has 3 aromatic rings. The molecule has 156 valence electrons. The first-order valence-corrected chi connectivity index (χ1v) is 10.3. The van der Waals surface area contributed by atoms with Gasteiger partial charge in [0.1, 0.15) is 11.5 Å². The minimum Gasteiger partial charge on any atom is -0.374 e. The number of aromatic nitrogens is 2. The molecule has 0 aliphatic heterocycles. The van der Waals surface area contributed by atoms with Gasteiger partial charge in [-0.15, -0.1) is 0 Å². The maximum Gasteiger partial charge on any atom is 0.151 e. The fraction of sp³-hybridized carbons (Fsp3) is 0.320. The summed E-state index contributed by atoms with van der Waals surface area (Å²) in [7, 11) is 0. The molecule has 0 fully saturated rings. The van der Waals surface area contributed by atoms with Crippen LogP contribution in [0.2, 0.25) is 0 Å². The predicted molar refractivity (Wildman–Crippen MR) is 114 cm³/mol. The molecule has 0 N–H and O–H groups in total. The summed E-state index contributed by atoms with van der Waals surface area (Å²) in [6, 6.07) is 13.9. The molecule has 2 aromatic carbocycles. The highest BCUT2D eigenvalue weighted by atomic mass is 19.1. The smallest absolute Gasteiger partial charge is 0.151 e. The Morgan fingerprint density at radius 3 is 2.63 bits per heavy atom. The zero-order valence-corrected chi connectivity index (χ0v) is 17.5. The van der Waals surface area contributed by atoms with Gasteiger partial charge in [-0.25, -0.2) is 13.5 Å². The normalized spacial score (nSPS) is 19.3. The Hall–Kier alpha value is -2.79. The van der Waals surface area contributed by atoms with Gasteiger partial charge in [-0.2, -0.15) is 5.10 Å². The molecule has 0 bridgehead atoms. The minimum atomic E-state index is -0.624. The van der Waals surface area contributed by atoms with Crippen molar-refractivity contribution in [1.29, 1.82) is 0 Å². The molecule has 0 saturated heterocycles. The van der Waals surface area contributed by atoms with Crippen LogP contribution in [0.5, 0.6) is 0 Å². The third-order valence-electron chi connectivity index (χ3n) is 6.09. The van der Waals surface area contributed by atoms with Gasteiger partial charge < -0.3 is 4.74 Å². The summed E-state index contributed by atoms with van der Waals surface area (Å²) in [4.78, 5) is 0. The lowest BCUT2D eigenvalue weighted by molar-refractivity contribution is 0.0324. The third kappa shape index (κ3) is 3.82. The maximum absolute atomic E-state index is 14.3. The third-order valence-corrected chi connectivity index (χ3v) is 6.09. The van der Waals surface area contributed by atoms with E-state index in [0.717, 1.165) is 30.2 Å². The van der Waals surface area contributed by atoms with Crippen LogP contribution in [-0.4, -0.2) is 16.4 Å². The number of ether oxygens (including phenoxy) is 1. The Kier molecular flexibility index (Phi) is 5.56. The summed E-state index contributed by atoms with van der Waals surface area (Å²) in [6.45, 7) is 7.01. The number of rotatable bonds is 6. The van der Waals surface area contributed by atoms with Crippen LogP contribution in [0.25, 0.3) is 11.8 Å². The van der Waals surface area contributed by atoms with E-state index >= 15 is 0 Å². The number of allylic oxidation sites excluding steroid dienone is 1. The van der Waals surface area contributed by atoms with E-state index in [9.17, 15) is 8.78 Å². The zero-order chi connectivity index (χ0) is 21.3. The van der Waals surface area contributed by atoms with Crippen molar-refractivity contribution in [3.05, 3.63) is 88.8 Å². The number of halogens is 2. The number of fused-ring (bicyclic) bond motifs is 1. The summed E-state index contributed by atoms with van der Waals surface area (Å²) in [5.41, 5.74) is 4.40. The molecule has 2 atom stereocenters. The lowest BCUT2D eigenvalue weighted by atomic mass is 9.70. The molecule has 0 radical (unpaired) electrons. The van der Waals surface area contributed by atoms with E-state index in [1.165, 1.54) is 23.3 Å². The van der Waals surface area contributed by atoms with Crippen molar-refractivity contribution < 1.29 is 13.5 Å². The van der Waals surface area contributed by atoms with Crippen LogP contribution in [0.4, 0.5) is 8.78 Å². The van der Waals surface area contributed by atoms with Gasteiger partial charge in [0.2, 0.25) is 0 Å². The van der Waals surface area contributed by atoms with E-state index in [1.54, 1.807) is 10.9 Å². The van der Waals surface area contributed by atoms with Crippen LogP contribution >= 0.6 is 0 Å². The first kappa shape index (κ1) is 20.5. The number of nitrogens with zero attached hydrogens (tertiary/aromatic N) is 2. The van der Waals surface area contributed by atoms with Gasteiger partial charge in [0.25, 0.3) is 0 Å². The van der Waals surface area contributed by atoms with E-state index in [0.29, 0.717) is 6.61 Å². The van der Waals surface area contributed by atoms with Crippen LogP contribution in [0.1, 0.15) is 50.1 Å². The SMILES string of the molecule is CCOC(C[C@@]1(C)Cc2cnn(-c3ccc(F)cc3F)c2C=C1C)c1ccccc1. The number of benzene rings is 2. The molecule has 5 heteroatoms. The fourth-order valence-corrected chi connectivity index (χ4v) is 4.25. The van der Waals surface area contributed by atoms with Crippen LogP contribution < -0.4 is 0 Å². The lowest BCUT2D eigenvalue weighted by Gasteiger charge is -2.37. The summed E-state index contributed by atoms with van der Waals surface area (Å²) < 4.78 is 35.3. The second kappa shape index (κ2) is 8.15. The van der Waals surface area contributed by atoms with Crippen molar-refractivity contribution in [2.45, 2.75) is 39.7 Å². The van der Waals surface area contributed by atoms with E-state index in [4.69, 9.17) is 4.74 Å². The van der Waals surface area contributed by atoms with Gasteiger partial charge in [-0.05, 0) is 61.4 Å². The summed E-state index contributed by atoms with van der Waals surface area (Å²) in [5, 5.41) is 4.41. The van der Waals surface area contributed by atoms with Crippen LogP contribution in [0, 0.1) is 17.0 Å². The Bertz CT molecular complexity index is 1070. The molecule has 0 spiro atoms. The van der Waals surface area contributed by atoms with Crippen molar-refractivity contribution in [2.24, 2.45) is 5.41 Å². The second-order valence-corrected chi connectivity index (χ2v) is 8.19. The molecule has 1 aliphatic carbocycles. The fourth-order valence-electron chi connectivity index (χ4n) is 4.25. The first-order valence-electron chi connectivity index (χ1n) is 10.3. The standard InChI is InChI=1S/C25H26F2N2O/c1-4-30-24(18-8-6-5-7-9-18)15-25(3)14-19-16-28-29(23(19)12-17(25)2)22-11-10-20(26)13-21(22)27/h5-13,16,24H,4,14-15H2,1-3H3/t24?,25-/m1/s1. The molecule has 1 aliphatic rings. The topological polar surface area (TPSA) is 27.1 Å². The van der Waals surface area contributed by atoms with Crippen molar-refractivity contribution in [1.82, 2.24) is 9.78 Å². The molecule has 1 unspecified atom stereocenters. The molecule has 1 aromatic heterocycles.